The van der Waals surface area contributed by atoms with Crippen LogP contribution in [0.1, 0.15) is 45.7 Å². The van der Waals surface area contributed by atoms with Crippen molar-refractivity contribution in [3.8, 4) is 0 Å². The molecule has 0 aliphatic rings. The van der Waals surface area contributed by atoms with Crippen LogP contribution < -0.4 is 5.32 Å². The first kappa shape index (κ1) is 14.5. The van der Waals surface area contributed by atoms with Crippen molar-refractivity contribution >= 4 is 23.1 Å². The van der Waals surface area contributed by atoms with Crippen molar-refractivity contribution in [1.29, 1.82) is 0 Å². The van der Waals surface area contributed by atoms with Crippen LogP contribution in [0.15, 0.2) is 18.5 Å². The number of aromatic carboxylic acids is 1. The van der Waals surface area contributed by atoms with Crippen LogP contribution in [0.3, 0.4) is 0 Å². The number of carboxylic acids is 1. The van der Waals surface area contributed by atoms with Crippen LogP contribution >= 0.6 is 11.3 Å². The van der Waals surface area contributed by atoms with Gasteiger partial charge in [0.05, 0.1) is 6.04 Å². The lowest BCUT2D eigenvalue weighted by Gasteiger charge is -2.14. The normalized spacial score (nSPS) is 12.2. The summed E-state index contributed by atoms with van der Waals surface area (Å²) in [5, 5.41) is 13.4. The average molecular weight is 291 g/mol. The topological polar surface area (TPSA) is 75.1 Å². The smallest absolute Gasteiger partial charge is 0.339 e. The molecular formula is C14H17N3O2S. The maximum absolute atomic E-state index is 11.3. The van der Waals surface area contributed by atoms with Crippen LogP contribution in [-0.4, -0.2) is 21.0 Å². The molecule has 0 amide bonds. The van der Waals surface area contributed by atoms with Gasteiger partial charge in [-0.05, 0) is 31.9 Å². The number of pyridine rings is 1. The van der Waals surface area contributed by atoms with Crippen LogP contribution in [0, 0.1) is 6.92 Å². The molecule has 2 aromatic rings. The van der Waals surface area contributed by atoms with Crippen molar-refractivity contribution in [2.75, 3.05) is 5.32 Å². The zero-order valence-corrected chi connectivity index (χ0v) is 12.5. The van der Waals surface area contributed by atoms with E-state index in [-0.39, 0.29) is 11.6 Å². The van der Waals surface area contributed by atoms with Gasteiger partial charge in [0.15, 0.2) is 0 Å². The molecule has 0 spiro atoms. The van der Waals surface area contributed by atoms with E-state index in [9.17, 15) is 9.90 Å². The lowest BCUT2D eigenvalue weighted by Crippen LogP contribution is -2.13. The Morgan fingerprint density at radius 2 is 2.25 bits per heavy atom. The first-order chi connectivity index (χ1) is 9.52. The van der Waals surface area contributed by atoms with Gasteiger partial charge >= 0.3 is 5.97 Å². The van der Waals surface area contributed by atoms with Crippen molar-refractivity contribution in [3.05, 3.63) is 39.5 Å². The SMILES string of the molecule is CCc1cnc(C(C)Nc2nccc(C)c2C(=O)O)s1. The fraction of sp³-hybridized carbons (Fsp3) is 0.357. The number of anilines is 1. The lowest BCUT2D eigenvalue weighted by molar-refractivity contribution is 0.0697. The van der Waals surface area contributed by atoms with E-state index in [1.54, 1.807) is 30.5 Å². The Balaban J connectivity index is 2.25. The molecule has 0 bridgehead atoms. The minimum Gasteiger partial charge on any atom is -0.478 e. The number of hydrogen-bond donors (Lipinski definition) is 2. The molecular weight excluding hydrogens is 274 g/mol. The van der Waals surface area contributed by atoms with Crippen LogP contribution in [0.2, 0.25) is 0 Å². The fourth-order valence-electron chi connectivity index (χ4n) is 1.89. The summed E-state index contributed by atoms with van der Waals surface area (Å²) in [7, 11) is 0. The highest BCUT2D eigenvalue weighted by atomic mass is 32.1. The molecule has 0 aromatic carbocycles. The number of nitrogens with one attached hydrogen (secondary N) is 1. The van der Waals surface area contributed by atoms with E-state index < -0.39 is 5.97 Å². The third kappa shape index (κ3) is 2.96. The predicted molar refractivity (Wildman–Crippen MR) is 79.5 cm³/mol. The number of carboxylic acid groups (broad SMARTS) is 1. The zero-order valence-electron chi connectivity index (χ0n) is 11.7. The Hall–Kier alpha value is -1.95. The zero-order chi connectivity index (χ0) is 14.7. The molecule has 2 rings (SSSR count). The molecule has 1 unspecified atom stereocenters. The number of nitrogens with zero attached hydrogens (tertiary/aromatic N) is 2. The molecule has 0 radical (unpaired) electrons. The molecule has 106 valence electrons. The first-order valence-corrected chi connectivity index (χ1v) is 7.24. The molecule has 2 aromatic heterocycles. The minimum absolute atomic E-state index is 0.0762. The second-order valence-electron chi connectivity index (χ2n) is 4.54. The fourth-order valence-corrected chi connectivity index (χ4v) is 2.75. The van der Waals surface area contributed by atoms with Gasteiger partial charge in [-0.1, -0.05) is 6.92 Å². The second kappa shape index (κ2) is 6.00. The second-order valence-corrected chi connectivity index (χ2v) is 5.69. The Labute approximate surface area is 121 Å². The Morgan fingerprint density at radius 3 is 2.85 bits per heavy atom. The van der Waals surface area contributed by atoms with Crippen molar-refractivity contribution in [1.82, 2.24) is 9.97 Å². The van der Waals surface area contributed by atoms with Gasteiger partial charge in [-0.2, -0.15) is 0 Å². The summed E-state index contributed by atoms with van der Waals surface area (Å²) in [5.74, 6) is -0.586. The summed E-state index contributed by atoms with van der Waals surface area (Å²) >= 11 is 1.63. The monoisotopic (exact) mass is 291 g/mol. The Morgan fingerprint density at radius 1 is 1.50 bits per heavy atom. The maximum Gasteiger partial charge on any atom is 0.339 e. The lowest BCUT2D eigenvalue weighted by atomic mass is 10.1. The van der Waals surface area contributed by atoms with Crippen LogP contribution in [0.5, 0.6) is 0 Å². The third-order valence-electron chi connectivity index (χ3n) is 3.02. The van der Waals surface area contributed by atoms with E-state index in [0.29, 0.717) is 11.4 Å². The van der Waals surface area contributed by atoms with Crippen molar-refractivity contribution < 1.29 is 9.90 Å². The Kier molecular flexibility index (Phi) is 4.34. The van der Waals surface area contributed by atoms with E-state index in [4.69, 9.17) is 0 Å². The van der Waals surface area contributed by atoms with Crippen molar-refractivity contribution in [2.45, 2.75) is 33.2 Å². The summed E-state index contributed by atoms with van der Waals surface area (Å²) in [6.07, 6.45) is 4.42. The van der Waals surface area contributed by atoms with Crippen LogP contribution in [0.4, 0.5) is 5.82 Å². The molecule has 0 aliphatic heterocycles. The van der Waals surface area contributed by atoms with E-state index in [1.165, 1.54) is 4.88 Å². The third-order valence-corrected chi connectivity index (χ3v) is 4.34. The number of hydrogen-bond acceptors (Lipinski definition) is 5. The van der Waals surface area contributed by atoms with E-state index in [0.717, 1.165) is 11.4 Å². The van der Waals surface area contributed by atoms with Gasteiger partial charge in [0.2, 0.25) is 0 Å². The first-order valence-electron chi connectivity index (χ1n) is 6.43. The molecule has 1 atom stereocenters. The summed E-state index contributed by atoms with van der Waals surface area (Å²) < 4.78 is 0. The van der Waals surface area contributed by atoms with E-state index >= 15 is 0 Å². The summed E-state index contributed by atoms with van der Waals surface area (Å²) in [6.45, 7) is 5.80. The molecule has 0 aliphatic carbocycles. The molecule has 5 nitrogen and oxygen atoms in total. The highest BCUT2D eigenvalue weighted by Crippen LogP contribution is 2.25. The van der Waals surface area contributed by atoms with E-state index in [1.807, 2.05) is 13.1 Å². The Bertz CT molecular complexity index is 625. The average Bonchev–Trinajstić information content (AvgIpc) is 2.87. The van der Waals surface area contributed by atoms with Gasteiger partial charge in [0.25, 0.3) is 0 Å². The number of thiazole rings is 1. The highest BCUT2D eigenvalue weighted by molar-refractivity contribution is 7.11. The number of carbonyl (C=O) groups is 1. The van der Waals surface area contributed by atoms with Gasteiger partial charge < -0.3 is 10.4 Å². The highest BCUT2D eigenvalue weighted by Gasteiger charge is 2.18. The summed E-state index contributed by atoms with van der Waals surface area (Å²) in [6, 6.07) is 1.62. The quantitative estimate of drug-likeness (QED) is 0.884. The van der Waals surface area contributed by atoms with Gasteiger partial charge in [-0.25, -0.2) is 14.8 Å². The molecule has 2 N–H and O–H groups in total. The standard InChI is InChI=1S/C14H17N3O2S/c1-4-10-7-16-13(20-10)9(3)17-12-11(14(18)19)8(2)5-6-15-12/h5-7,9H,4H2,1-3H3,(H,15,17)(H,18,19). The minimum atomic E-state index is -0.973. The molecule has 20 heavy (non-hydrogen) atoms. The van der Waals surface area contributed by atoms with E-state index in [2.05, 4.69) is 22.2 Å². The largest absolute Gasteiger partial charge is 0.478 e. The molecule has 6 heteroatoms. The maximum atomic E-state index is 11.3. The van der Waals surface area contributed by atoms with Crippen LogP contribution in [0.25, 0.3) is 0 Å². The molecule has 0 saturated carbocycles. The van der Waals surface area contributed by atoms with Crippen LogP contribution in [-0.2, 0) is 6.42 Å². The van der Waals surface area contributed by atoms with Gasteiger partial charge in [0.1, 0.15) is 16.4 Å². The van der Waals surface area contributed by atoms with Gasteiger partial charge in [-0.3, -0.25) is 0 Å². The predicted octanol–water partition coefficient (Wildman–Crippen LogP) is 3.28. The van der Waals surface area contributed by atoms with Gasteiger partial charge in [0, 0.05) is 17.3 Å². The number of rotatable bonds is 5. The molecule has 0 saturated heterocycles. The number of aromatic nitrogens is 2. The summed E-state index contributed by atoms with van der Waals surface area (Å²) in [4.78, 5) is 21.0. The molecule has 0 fully saturated rings. The van der Waals surface area contributed by atoms with Gasteiger partial charge in [-0.15, -0.1) is 11.3 Å². The molecule has 2 heterocycles. The van der Waals surface area contributed by atoms with Crippen molar-refractivity contribution in [3.63, 3.8) is 0 Å². The summed E-state index contributed by atoms with van der Waals surface area (Å²) in [5.41, 5.74) is 0.905. The van der Waals surface area contributed by atoms with Crippen molar-refractivity contribution in [2.24, 2.45) is 0 Å². The number of aryl methyl sites for hydroxylation is 2.